The first kappa shape index (κ1) is 27.2. The third-order valence-corrected chi connectivity index (χ3v) is 9.12. The lowest BCUT2D eigenvalue weighted by molar-refractivity contribution is 0.00538. The lowest BCUT2D eigenvalue weighted by atomic mass is 10.0. The average molecular weight is 591 g/mol. The molecular formula is C28H36ClFN6O5. The second kappa shape index (κ2) is 9.95. The molecular weight excluding hydrogens is 555 g/mol. The average Bonchev–Trinajstić information content (AvgIpc) is 3.64. The van der Waals surface area contributed by atoms with E-state index in [1.54, 1.807) is 0 Å². The molecule has 2 aromatic rings. The van der Waals surface area contributed by atoms with Crippen LogP contribution in [0.2, 0.25) is 5.15 Å². The van der Waals surface area contributed by atoms with Gasteiger partial charge in [0.15, 0.2) is 11.0 Å². The molecule has 2 bridgehead atoms. The number of nitrogens with zero attached hydrogens (tertiary/aromatic N) is 6. The van der Waals surface area contributed by atoms with E-state index in [4.69, 9.17) is 35.5 Å². The summed E-state index contributed by atoms with van der Waals surface area (Å²) >= 11 is 6.20. The molecule has 3 saturated heterocycles. The van der Waals surface area contributed by atoms with Crippen LogP contribution in [0, 0.1) is 11.2 Å². The van der Waals surface area contributed by atoms with Crippen LogP contribution in [-0.2, 0) is 9.47 Å². The molecule has 0 spiro atoms. The number of rotatable bonds is 5. The Kier molecular flexibility index (Phi) is 6.59. The number of carbonyl (C=O) groups is 1. The Hall–Kier alpha value is -2.70. The van der Waals surface area contributed by atoms with Gasteiger partial charge in [0, 0.05) is 31.6 Å². The summed E-state index contributed by atoms with van der Waals surface area (Å²) in [5, 5.41) is 0.0622. The van der Waals surface area contributed by atoms with E-state index in [0.29, 0.717) is 24.4 Å². The molecule has 7 rings (SSSR count). The van der Waals surface area contributed by atoms with Crippen LogP contribution in [0.25, 0.3) is 10.9 Å². The number of piperazine rings is 1. The van der Waals surface area contributed by atoms with Crippen molar-refractivity contribution in [3.63, 3.8) is 0 Å². The maximum absolute atomic E-state index is 15.4. The number of ether oxygens (including phenoxy) is 4. The summed E-state index contributed by atoms with van der Waals surface area (Å²) in [7, 11) is 0. The fourth-order valence-corrected chi connectivity index (χ4v) is 6.84. The predicted octanol–water partition coefficient (Wildman–Crippen LogP) is 3.66. The maximum Gasteiger partial charge on any atom is 0.410 e. The van der Waals surface area contributed by atoms with E-state index < -0.39 is 11.4 Å². The normalized spacial score (nSPS) is 26.8. The number of pyridine rings is 1. The van der Waals surface area contributed by atoms with Crippen molar-refractivity contribution in [1.29, 1.82) is 0 Å². The lowest BCUT2D eigenvalue weighted by Gasteiger charge is -2.46. The Morgan fingerprint density at radius 1 is 1.15 bits per heavy atom. The van der Waals surface area contributed by atoms with Crippen molar-refractivity contribution >= 4 is 34.4 Å². The van der Waals surface area contributed by atoms with Crippen LogP contribution in [0.3, 0.4) is 0 Å². The molecule has 1 amide bonds. The first-order valence-corrected chi connectivity index (χ1v) is 14.9. The number of morpholine rings is 1. The van der Waals surface area contributed by atoms with Crippen LogP contribution in [0.4, 0.5) is 15.0 Å². The smallest absolute Gasteiger partial charge is 0.410 e. The van der Waals surface area contributed by atoms with Gasteiger partial charge in [-0.2, -0.15) is 15.0 Å². The van der Waals surface area contributed by atoms with Gasteiger partial charge in [-0.1, -0.05) is 11.6 Å². The van der Waals surface area contributed by atoms with Crippen molar-refractivity contribution in [2.24, 2.45) is 5.41 Å². The van der Waals surface area contributed by atoms with Crippen molar-refractivity contribution in [2.45, 2.75) is 70.2 Å². The molecule has 11 nitrogen and oxygen atoms in total. The maximum atomic E-state index is 15.4. The molecule has 0 aromatic carbocycles. The van der Waals surface area contributed by atoms with E-state index in [1.165, 1.54) is 0 Å². The van der Waals surface area contributed by atoms with Gasteiger partial charge in [0.25, 0.3) is 0 Å². The Balaban J connectivity index is 1.20. The number of carbonyl (C=O) groups excluding carboxylic acids is 1. The predicted molar refractivity (Wildman–Crippen MR) is 148 cm³/mol. The highest BCUT2D eigenvalue weighted by molar-refractivity contribution is 6.30. The number of aromatic nitrogens is 3. The molecule has 41 heavy (non-hydrogen) atoms. The number of hydrogen-bond donors (Lipinski definition) is 0. The topological polar surface area (TPSA) is 102 Å². The van der Waals surface area contributed by atoms with E-state index >= 15 is 4.39 Å². The second-order valence-corrected chi connectivity index (χ2v) is 13.3. The number of fused-ring (bicyclic) bond motifs is 5. The Morgan fingerprint density at radius 2 is 1.93 bits per heavy atom. The van der Waals surface area contributed by atoms with E-state index in [0.717, 1.165) is 58.5 Å². The van der Waals surface area contributed by atoms with Gasteiger partial charge in [-0.3, -0.25) is 9.80 Å². The van der Waals surface area contributed by atoms with Gasteiger partial charge in [-0.15, -0.1) is 0 Å². The van der Waals surface area contributed by atoms with Crippen LogP contribution >= 0.6 is 11.6 Å². The van der Waals surface area contributed by atoms with Crippen LogP contribution < -0.4 is 14.4 Å². The van der Waals surface area contributed by atoms with E-state index in [2.05, 4.69) is 19.8 Å². The Bertz CT molecular complexity index is 1360. The third kappa shape index (κ3) is 5.01. The van der Waals surface area contributed by atoms with Gasteiger partial charge >= 0.3 is 12.1 Å². The molecule has 0 N–H and O–H groups in total. The minimum Gasteiger partial charge on any atom is -0.475 e. The third-order valence-electron chi connectivity index (χ3n) is 8.86. The zero-order valence-electron chi connectivity index (χ0n) is 23.7. The highest BCUT2D eigenvalue weighted by atomic mass is 35.5. The largest absolute Gasteiger partial charge is 0.475 e. The standard InChI is InChI=1S/C28H36ClFN6O5/c1-27(2,3)41-26(37)36-16-4-5-17(36)18-13-39-24-19-21(20(30)22(29)32-24)31-25(33-23(19)35(18)12-16)40-15-28(6-7-28)14-34-8-10-38-11-9-34/h16-18H,4-15H2,1-3H3/t16-,17+,18-/m1/s1. The summed E-state index contributed by atoms with van der Waals surface area (Å²) in [5.41, 5.74) is -0.540. The van der Waals surface area contributed by atoms with Crippen molar-refractivity contribution in [3.05, 3.63) is 11.0 Å². The first-order valence-electron chi connectivity index (χ1n) is 14.5. The molecule has 3 atom stereocenters. The van der Waals surface area contributed by atoms with Gasteiger partial charge in [0.1, 0.15) is 28.9 Å². The fourth-order valence-electron chi connectivity index (χ4n) is 6.68. The Labute approximate surface area is 243 Å². The lowest BCUT2D eigenvalue weighted by Crippen LogP contribution is -2.63. The van der Waals surface area contributed by atoms with Gasteiger partial charge in [-0.25, -0.2) is 9.18 Å². The molecule has 0 radical (unpaired) electrons. The van der Waals surface area contributed by atoms with Crippen molar-refractivity contribution < 1.29 is 28.1 Å². The molecule has 5 aliphatic rings. The molecule has 4 aliphatic heterocycles. The van der Waals surface area contributed by atoms with Crippen LogP contribution in [0.1, 0.15) is 46.5 Å². The second-order valence-electron chi connectivity index (χ2n) is 13.0. The van der Waals surface area contributed by atoms with Gasteiger partial charge in [-0.05, 0) is 46.5 Å². The summed E-state index contributed by atoms with van der Waals surface area (Å²) in [6.45, 7) is 11.0. The van der Waals surface area contributed by atoms with Crippen LogP contribution in [-0.4, -0.2) is 107 Å². The molecule has 0 unspecified atom stereocenters. The molecule has 1 saturated carbocycles. The van der Waals surface area contributed by atoms with Crippen LogP contribution in [0.5, 0.6) is 11.9 Å². The van der Waals surface area contributed by atoms with Crippen LogP contribution in [0.15, 0.2) is 0 Å². The monoisotopic (exact) mass is 590 g/mol. The summed E-state index contributed by atoms with van der Waals surface area (Å²) in [4.78, 5) is 33.1. The zero-order valence-corrected chi connectivity index (χ0v) is 24.5. The van der Waals surface area contributed by atoms with E-state index in [1.807, 2.05) is 25.7 Å². The number of anilines is 1. The number of hydrogen-bond acceptors (Lipinski definition) is 10. The molecule has 222 valence electrons. The molecule has 6 heterocycles. The molecule has 13 heteroatoms. The quantitative estimate of drug-likeness (QED) is 0.479. The molecule has 1 aliphatic carbocycles. The number of halogens is 2. The summed E-state index contributed by atoms with van der Waals surface area (Å²) in [6, 6.07) is -0.360. The van der Waals surface area contributed by atoms with Crippen molar-refractivity contribution in [2.75, 3.05) is 57.5 Å². The SMILES string of the molecule is CC(C)(C)OC(=O)N1[C@@H]2CC[C@H]1[C@H]1COc3nc(Cl)c(F)c4nc(OCC5(CN6CCOCC6)CC5)nc(c34)N1C2. The zero-order chi connectivity index (χ0) is 28.5. The fraction of sp³-hybridized carbons (Fsp3) is 0.714. The minimum absolute atomic E-state index is 0.0283. The van der Waals surface area contributed by atoms with Gasteiger partial charge < -0.3 is 23.8 Å². The highest BCUT2D eigenvalue weighted by Gasteiger charge is 2.52. The molecule has 4 fully saturated rings. The molecule has 2 aromatic heterocycles. The van der Waals surface area contributed by atoms with Gasteiger partial charge in [0.05, 0.1) is 37.9 Å². The summed E-state index contributed by atoms with van der Waals surface area (Å²) in [5.74, 6) is -0.0388. The van der Waals surface area contributed by atoms with E-state index in [9.17, 15) is 4.79 Å². The minimum atomic E-state index is -0.731. The summed E-state index contributed by atoms with van der Waals surface area (Å²) < 4.78 is 39.0. The highest BCUT2D eigenvalue weighted by Crippen LogP contribution is 2.48. The van der Waals surface area contributed by atoms with Crippen molar-refractivity contribution in [1.82, 2.24) is 24.8 Å². The number of amides is 1. The Morgan fingerprint density at radius 3 is 2.66 bits per heavy atom. The van der Waals surface area contributed by atoms with Crippen molar-refractivity contribution in [3.8, 4) is 11.9 Å². The van der Waals surface area contributed by atoms with E-state index in [-0.39, 0.29) is 58.8 Å². The van der Waals surface area contributed by atoms with Gasteiger partial charge in [0.2, 0.25) is 5.88 Å². The summed E-state index contributed by atoms with van der Waals surface area (Å²) in [6.07, 6.45) is 3.43. The first-order chi connectivity index (χ1) is 19.6.